The summed E-state index contributed by atoms with van der Waals surface area (Å²) < 4.78 is 9.27. The summed E-state index contributed by atoms with van der Waals surface area (Å²) in [5.74, 6) is 0. The molecular formula is C66H46N6. The van der Waals surface area contributed by atoms with E-state index < -0.39 is 0 Å². The number of allylic oxidation sites excluding steroid dienone is 1. The quantitative estimate of drug-likeness (QED) is 0.173. The maximum absolute atomic E-state index is 12.4. The third-order valence-corrected chi connectivity index (χ3v) is 15.3. The Kier molecular flexibility index (Phi) is 9.00. The van der Waals surface area contributed by atoms with E-state index in [1.807, 2.05) is 0 Å². The van der Waals surface area contributed by atoms with Crippen LogP contribution in [-0.2, 0) is 11.8 Å². The first-order chi connectivity index (χ1) is 35.4. The van der Waals surface area contributed by atoms with Crippen molar-refractivity contribution >= 4 is 82.4 Å². The first kappa shape index (κ1) is 41.6. The molecule has 0 saturated heterocycles. The number of hydrogen-bond donors (Lipinski definition) is 0. The van der Waals surface area contributed by atoms with Crippen LogP contribution in [0.5, 0.6) is 0 Å². The van der Waals surface area contributed by atoms with Gasteiger partial charge in [-0.25, -0.2) is 0 Å². The zero-order chi connectivity index (χ0) is 48.4. The number of hydrogen-bond acceptors (Lipinski definition) is 2. The van der Waals surface area contributed by atoms with Gasteiger partial charge in [-0.3, -0.25) is 0 Å². The summed E-state index contributed by atoms with van der Waals surface area (Å²) in [6.45, 7) is 6.70. The molecule has 0 spiro atoms. The second-order valence-corrected chi connectivity index (χ2v) is 20.1. The molecule has 0 fully saturated rings. The van der Waals surface area contributed by atoms with Crippen molar-refractivity contribution in [2.45, 2.75) is 39.0 Å². The van der Waals surface area contributed by atoms with Crippen LogP contribution in [0.2, 0.25) is 0 Å². The Morgan fingerprint density at radius 1 is 0.417 bits per heavy atom. The standard InChI is InChI=1S/C66H46N6/c1-66(2,3)42-35-33-41(34-36-42)60-64(70-52-27-13-7-21-44(52)45-22-8-14-28-53(45)70)50(39-67)63(51(40-68)65(60)71-54-29-15-9-23-46(54)47-24-10-16-30-55(47)71)72-57-32-18-12-26-49(57)62-59(72)38-37-58-61(62)48-25-11-17-31-56(48)69(58)43-19-5-4-6-20-43/h4-15,17-29,31-38H,16,30H2,1-3H3. The molecule has 0 amide bonds. The number of rotatable bonds is 5. The van der Waals surface area contributed by atoms with Gasteiger partial charge < -0.3 is 18.3 Å². The fourth-order valence-electron chi connectivity index (χ4n) is 12.2. The predicted octanol–water partition coefficient (Wildman–Crippen LogP) is 16.6. The Morgan fingerprint density at radius 2 is 0.861 bits per heavy atom. The minimum atomic E-state index is -0.103. The molecule has 340 valence electrons. The second kappa shape index (κ2) is 15.6. The van der Waals surface area contributed by atoms with E-state index in [-0.39, 0.29) is 5.41 Å². The van der Waals surface area contributed by atoms with Crippen LogP contribution in [0.1, 0.15) is 55.1 Å². The highest BCUT2D eigenvalue weighted by atomic mass is 15.1. The SMILES string of the molecule is CC(C)(C)c1ccc(-c2c(-n3c4c(c5ccccc53)C=CCC4)c(C#N)c(-n3c4ccccc4c4c5c6ccccc6n(-c6ccccc6)c5ccc43)c(C#N)c2-n2c3ccccc3c3ccccc32)cc1. The van der Waals surface area contributed by atoms with Crippen LogP contribution in [0.15, 0.2) is 194 Å². The molecule has 0 atom stereocenters. The summed E-state index contributed by atoms with van der Waals surface area (Å²) in [6.07, 6.45) is 6.16. The molecule has 4 heterocycles. The number of nitrogens with zero attached hydrogens (tertiary/aromatic N) is 6. The molecule has 6 heteroatoms. The van der Waals surface area contributed by atoms with E-state index in [4.69, 9.17) is 0 Å². The Balaban J connectivity index is 1.25. The molecular weight excluding hydrogens is 877 g/mol. The summed E-state index contributed by atoms with van der Waals surface area (Å²) in [4.78, 5) is 0. The fourth-order valence-corrected chi connectivity index (χ4v) is 12.2. The second-order valence-electron chi connectivity index (χ2n) is 20.1. The van der Waals surface area contributed by atoms with E-state index in [1.165, 1.54) is 5.56 Å². The highest BCUT2D eigenvalue weighted by molar-refractivity contribution is 6.29. The van der Waals surface area contributed by atoms with Crippen LogP contribution in [0.25, 0.3) is 116 Å². The van der Waals surface area contributed by atoms with E-state index >= 15 is 0 Å². The summed E-state index contributed by atoms with van der Waals surface area (Å²) in [5, 5.41) is 32.4. The molecule has 4 aromatic heterocycles. The van der Waals surface area contributed by atoms with Gasteiger partial charge in [-0.15, -0.1) is 0 Å². The molecule has 0 aliphatic heterocycles. The summed E-state index contributed by atoms with van der Waals surface area (Å²) >= 11 is 0. The molecule has 72 heavy (non-hydrogen) atoms. The van der Waals surface area contributed by atoms with Gasteiger partial charge >= 0.3 is 0 Å². The van der Waals surface area contributed by atoms with Gasteiger partial charge in [-0.2, -0.15) is 10.5 Å². The normalized spacial score (nSPS) is 12.7. The van der Waals surface area contributed by atoms with Gasteiger partial charge in [0.25, 0.3) is 0 Å². The number of aromatic nitrogens is 4. The summed E-state index contributed by atoms with van der Waals surface area (Å²) in [6, 6.07) is 72.3. The van der Waals surface area contributed by atoms with E-state index in [2.05, 4.69) is 251 Å². The summed E-state index contributed by atoms with van der Waals surface area (Å²) in [7, 11) is 0. The lowest BCUT2D eigenvalue weighted by atomic mass is 9.85. The van der Waals surface area contributed by atoms with Crippen molar-refractivity contribution in [3.8, 4) is 46.0 Å². The third kappa shape index (κ3) is 5.75. The molecule has 0 radical (unpaired) electrons. The average Bonchev–Trinajstić information content (AvgIpc) is 4.15. The molecule has 0 bridgehead atoms. The lowest BCUT2D eigenvalue weighted by Crippen LogP contribution is -2.15. The van der Waals surface area contributed by atoms with Crippen molar-refractivity contribution in [1.29, 1.82) is 10.5 Å². The number of para-hydroxylation sites is 6. The van der Waals surface area contributed by atoms with Gasteiger partial charge in [-0.1, -0.05) is 166 Å². The topological polar surface area (TPSA) is 67.3 Å². The third-order valence-electron chi connectivity index (χ3n) is 15.3. The first-order valence-electron chi connectivity index (χ1n) is 24.8. The Bertz CT molecular complexity index is 4490. The van der Waals surface area contributed by atoms with Crippen molar-refractivity contribution in [3.63, 3.8) is 0 Å². The van der Waals surface area contributed by atoms with Gasteiger partial charge in [0.1, 0.15) is 23.3 Å². The van der Waals surface area contributed by atoms with Gasteiger partial charge in [0.05, 0.1) is 55.7 Å². The molecule has 1 aliphatic rings. The van der Waals surface area contributed by atoms with E-state index in [1.54, 1.807) is 0 Å². The monoisotopic (exact) mass is 922 g/mol. The molecule has 1 aliphatic carbocycles. The van der Waals surface area contributed by atoms with E-state index in [0.717, 1.165) is 129 Å². The zero-order valence-electron chi connectivity index (χ0n) is 40.2. The molecule has 0 saturated carbocycles. The largest absolute Gasteiger partial charge is 0.311 e. The highest BCUT2D eigenvalue weighted by Crippen LogP contribution is 2.50. The van der Waals surface area contributed by atoms with Gasteiger partial charge in [-0.05, 0) is 84.0 Å². The molecule has 13 aromatic rings. The van der Waals surface area contributed by atoms with Crippen LogP contribution in [0, 0.1) is 22.7 Å². The average molecular weight is 923 g/mol. The Labute approximate surface area is 416 Å². The first-order valence-corrected chi connectivity index (χ1v) is 24.8. The van der Waals surface area contributed by atoms with Crippen LogP contribution < -0.4 is 0 Å². The van der Waals surface area contributed by atoms with Gasteiger partial charge in [0, 0.05) is 60.2 Å². The lowest BCUT2D eigenvalue weighted by molar-refractivity contribution is 0.590. The smallest absolute Gasteiger partial charge is 0.104 e. The number of benzene rings is 9. The molecule has 6 nitrogen and oxygen atoms in total. The van der Waals surface area contributed by atoms with Crippen molar-refractivity contribution in [2.24, 2.45) is 0 Å². The van der Waals surface area contributed by atoms with Crippen molar-refractivity contribution in [2.75, 3.05) is 0 Å². The summed E-state index contributed by atoms with van der Waals surface area (Å²) in [5.41, 5.74) is 16.1. The van der Waals surface area contributed by atoms with Crippen LogP contribution >= 0.6 is 0 Å². The Morgan fingerprint density at radius 3 is 1.42 bits per heavy atom. The minimum Gasteiger partial charge on any atom is -0.311 e. The van der Waals surface area contributed by atoms with Crippen LogP contribution in [-0.4, -0.2) is 18.3 Å². The molecule has 9 aromatic carbocycles. The van der Waals surface area contributed by atoms with E-state index in [9.17, 15) is 10.5 Å². The predicted molar refractivity (Wildman–Crippen MR) is 297 cm³/mol. The van der Waals surface area contributed by atoms with Crippen LogP contribution in [0.4, 0.5) is 0 Å². The van der Waals surface area contributed by atoms with Crippen LogP contribution in [0.3, 0.4) is 0 Å². The fraction of sp³-hybridized carbons (Fsp3) is 0.0909. The van der Waals surface area contributed by atoms with Crippen molar-refractivity contribution < 1.29 is 0 Å². The molecule has 0 N–H and O–H groups in total. The molecule has 0 unspecified atom stereocenters. The Hall–Kier alpha value is -9.36. The number of fused-ring (bicyclic) bond motifs is 13. The maximum Gasteiger partial charge on any atom is 0.104 e. The molecule has 14 rings (SSSR count). The number of nitriles is 2. The van der Waals surface area contributed by atoms with Crippen molar-refractivity contribution in [1.82, 2.24) is 18.3 Å². The zero-order valence-corrected chi connectivity index (χ0v) is 40.2. The maximum atomic E-state index is 12.4. The minimum absolute atomic E-state index is 0.103. The lowest BCUT2D eigenvalue weighted by Gasteiger charge is -2.27. The highest BCUT2D eigenvalue weighted by Gasteiger charge is 2.34. The van der Waals surface area contributed by atoms with E-state index in [0.29, 0.717) is 16.8 Å². The van der Waals surface area contributed by atoms with Gasteiger partial charge in [0.15, 0.2) is 0 Å². The van der Waals surface area contributed by atoms with Crippen molar-refractivity contribution in [3.05, 3.63) is 222 Å². The van der Waals surface area contributed by atoms with Gasteiger partial charge in [0.2, 0.25) is 0 Å².